The molecule has 1 rings (SSSR count). The second-order valence-corrected chi connectivity index (χ2v) is 2.62. The molecular formula is C7H4BrN3. The lowest BCUT2D eigenvalue weighted by molar-refractivity contribution is 0.760. The number of aryl methyl sites for hydroxylation is 1. The Morgan fingerprint density at radius 1 is 1.73 bits per heavy atom. The van der Waals surface area contributed by atoms with Crippen LogP contribution in [0, 0.1) is 23.2 Å². The second kappa shape index (κ2) is 3.23. The highest BCUT2D eigenvalue weighted by Crippen LogP contribution is 2.11. The molecule has 0 spiro atoms. The standard InChI is InChI=1S/C7H4BrN3/c1-11-5-6(3-2-4-9)7(8)10-11/h5H,1H3. The summed E-state index contributed by atoms with van der Waals surface area (Å²) in [6.45, 7) is 0. The summed E-state index contributed by atoms with van der Waals surface area (Å²) in [7, 11) is 1.79. The van der Waals surface area contributed by atoms with Crippen LogP contribution in [0.1, 0.15) is 5.56 Å². The van der Waals surface area contributed by atoms with Gasteiger partial charge in [-0.15, -0.1) is 0 Å². The number of nitriles is 1. The normalized spacial score (nSPS) is 8.09. The van der Waals surface area contributed by atoms with E-state index in [1.54, 1.807) is 24.0 Å². The molecule has 0 fully saturated rings. The van der Waals surface area contributed by atoms with Crippen molar-refractivity contribution in [3.63, 3.8) is 0 Å². The van der Waals surface area contributed by atoms with Gasteiger partial charge in [0.25, 0.3) is 0 Å². The molecule has 0 radical (unpaired) electrons. The topological polar surface area (TPSA) is 41.6 Å². The highest BCUT2D eigenvalue weighted by molar-refractivity contribution is 9.10. The largest absolute Gasteiger partial charge is 0.273 e. The molecule has 0 aromatic carbocycles. The van der Waals surface area contributed by atoms with Crippen molar-refractivity contribution in [3.8, 4) is 17.9 Å². The first-order valence-electron chi connectivity index (χ1n) is 2.83. The molecular weight excluding hydrogens is 206 g/mol. The molecule has 0 amide bonds. The molecule has 1 aromatic heterocycles. The number of nitrogens with zero attached hydrogens (tertiary/aromatic N) is 3. The summed E-state index contributed by atoms with van der Waals surface area (Å²) in [6, 6.07) is 1.73. The molecule has 0 aliphatic heterocycles. The van der Waals surface area contributed by atoms with Crippen LogP contribution in [0.2, 0.25) is 0 Å². The van der Waals surface area contributed by atoms with Gasteiger partial charge in [0.15, 0.2) is 6.07 Å². The van der Waals surface area contributed by atoms with Crippen molar-refractivity contribution in [2.75, 3.05) is 0 Å². The molecule has 3 nitrogen and oxygen atoms in total. The van der Waals surface area contributed by atoms with Crippen LogP contribution in [0.3, 0.4) is 0 Å². The summed E-state index contributed by atoms with van der Waals surface area (Å²) in [5.74, 6) is 4.93. The maximum atomic E-state index is 8.16. The summed E-state index contributed by atoms with van der Waals surface area (Å²) in [5, 5.41) is 12.1. The quantitative estimate of drug-likeness (QED) is 0.600. The number of aromatic nitrogens is 2. The van der Waals surface area contributed by atoms with Gasteiger partial charge in [-0.25, -0.2) is 0 Å². The Labute approximate surface area is 72.8 Å². The lowest BCUT2D eigenvalue weighted by Gasteiger charge is -1.78. The Kier molecular flexibility index (Phi) is 2.30. The van der Waals surface area contributed by atoms with Crippen LogP contribution in [-0.2, 0) is 7.05 Å². The summed E-state index contributed by atoms with van der Waals surface area (Å²) in [6.07, 6.45) is 1.74. The SMILES string of the molecule is Cn1cc(C#CC#N)c(Br)n1. The monoisotopic (exact) mass is 209 g/mol. The third kappa shape index (κ3) is 1.83. The molecule has 4 heteroatoms. The van der Waals surface area contributed by atoms with E-state index in [-0.39, 0.29) is 0 Å². The Hall–Kier alpha value is -1.26. The number of hydrogen-bond donors (Lipinski definition) is 0. The van der Waals surface area contributed by atoms with Crippen molar-refractivity contribution in [1.82, 2.24) is 9.78 Å². The van der Waals surface area contributed by atoms with Crippen molar-refractivity contribution in [2.45, 2.75) is 0 Å². The molecule has 0 bridgehead atoms. The van der Waals surface area contributed by atoms with E-state index < -0.39 is 0 Å². The van der Waals surface area contributed by atoms with E-state index >= 15 is 0 Å². The molecule has 0 unspecified atom stereocenters. The third-order valence-electron chi connectivity index (χ3n) is 1.04. The number of halogens is 1. The van der Waals surface area contributed by atoms with Crippen molar-refractivity contribution in [2.24, 2.45) is 7.05 Å². The zero-order valence-corrected chi connectivity index (χ0v) is 7.38. The van der Waals surface area contributed by atoms with Crippen molar-refractivity contribution < 1.29 is 0 Å². The van der Waals surface area contributed by atoms with Gasteiger partial charge in [-0.05, 0) is 21.9 Å². The minimum absolute atomic E-state index is 0.669. The molecule has 0 aliphatic carbocycles. The Bertz CT molecular complexity index is 361. The smallest absolute Gasteiger partial charge is 0.152 e. The van der Waals surface area contributed by atoms with Crippen LogP contribution >= 0.6 is 15.9 Å². The molecule has 0 saturated heterocycles. The lowest BCUT2D eigenvalue weighted by Crippen LogP contribution is -1.84. The molecule has 0 aliphatic rings. The minimum atomic E-state index is 0.669. The molecule has 0 N–H and O–H groups in total. The molecule has 1 heterocycles. The van der Waals surface area contributed by atoms with Gasteiger partial charge in [0, 0.05) is 19.2 Å². The molecule has 11 heavy (non-hydrogen) atoms. The maximum absolute atomic E-state index is 8.16. The average Bonchev–Trinajstić information content (AvgIpc) is 2.26. The van der Waals surface area contributed by atoms with E-state index in [1.807, 2.05) is 0 Å². The van der Waals surface area contributed by atoms with E-state index in [2.05, 4.69) is 32.9 Å². The zero-order valence-electron chi connectivity index (χ0n) is 5.80. The molecule has 0 saturated carbocycles. The van der Waals surface area contributed by atoms with Gasteiger partial charge >= 0.3 is 0 Å². The predicted molar refractivity (Wildman–Crippen MR) is 43.4 cm³/mol. The van der Waals surface area contributed by atoms with Crippen molar-refractivity contribution in [1.29, 1.82) is 5.26 Å². The van der Waals surface area contributed by atoms with Crippen molar-refractivity contribution in [3.05, 3.63) is 16.4 Å². The first kappa shape index (κ1) is 7.84. The zero-order chi connectivity index (χ0) is 8.27. The van der Waals surface area contributed by atoms with E-state index in [4.69, 9.17) is 5.26 Å². The highest BCUT2D eigenvalue weighted by Gasteiger charge is 1.99. The highest BCUT2D eigenvalue weighted by atomic mass is 79.9. The fraction of sp³-hybridized carbons (Fsp3) is 0.143. The fourth-order valence-electron chi connectivity index (χ4n) is 0.640. The number of hydrogen-bond acceptors (Lipinski definition) is 2. The predicted octanol–water partition coefficient (Wildman–Crippen LogP) is 1.06. The van der Waals surface area contributed by atoms with Gasteiger partial charge in [-0.1, -0.05) is 0 Å². The first-order chi connectivity index (χ1) is 5.24. The first-order valence-corrected chi connectivity index (χ1v) is 3.62. The van der Waals surface area contributed by atoms with E-state index in [9.17, 15) is 0 Å². The Morgan fingerprint density at radius 2 is 2.45 bits per heavy atom. The van der Waals surface area contributed by atoms with E-state index in [1.165, 1.54) is 0 Å². The average molecular weight is 210 g/mol. The van der Waals surface area contributed by atoms with Crippen LogP contribution in [0.4, 0.5) is 0 Å². The van der Waals surface area contributed by atoms with Gasteiger partial charge in [-0.2, -0.15) is 10.4 Å². The third-order valence-corrected chi connectivity index (χ3v) is 1.62. The second-order valence-electron chi connectivity index (χ2n) is 1.87. The lowest BCUT2D eigenvalue weighted by atomic mass is 10.4. The van der Waals surface area contributed by atoms with Gasteiger partial charge in [-0.3, -0.25) is 4.68 Å². The summed E-state index contributed by atoms with van der Waals surface area (Å²) >= 11 is 3.20. The summed E-state index contributed by atoms with van der Waals surface area (Å²) < 4.78 is 2.30. The van der Waals surface area contributed by atoms with E-state index in [0.29, 0.717) is 4.60 Å². The van der Waals surface area contributed by atoms with Crippen LogP contribution in [0.25, 0.3) is 0 Å². The Balaban J connectivity index is 3.06. The fourth-order valence-corrected chi connectivity index (χ4v) is 1.09. The van der Waals surface area contributed by atoms with Crippen molar-refractivity contribution >= 4 is 15.9 Å². The van der Waals surface area contributed by atoms with Crippen LogP contribution in [0.15, 0.2) is 10.8 Å². The molecule has 54 valence electrons. The van der Waals surface area contributed by atoms with Crippen LogP contribution in [0.5, 0.6) is 0 Å². The minimum Gasteiger partial charge on any atom is -0.273 e. The van der Waals surface area contributed by atoms with Gasteiger partial charge < -0.3 is 0 Å². The Morgan fingerprint density at radius 3 is 2.91 bits per heavy atom. The molecule has 1 aromatic rings. The number of rotatable bonds is 0. The van der Waals surface area contributed by atoms with Gasteiger partial charge in [0.1, 0.15) is 4.60 Å². The summed E-state index contributed by atoms with van der Waals surface area (Å²) in [5.41, 5.74) is 0.731. The van der Waals surface area contributed by atoms with Crippen LogP contribution < -0.4 is 0 Å². The maximum Gasteiger partial charge on any atom is 0.152 e. The van der Waals surface area contributed by atoms with Gasteiger partial charge in [0.05, 0.1) is 5.56 Å². The van der Waals surface area contributed by atoms with Crippen LogP contribution in [-0.4, -0.2) is 9.78 Å². The summed E-state index contributed by atoms with van der Waals surface area (Å²) in [4.78, 5) is 0. The van der Waals surface area contributed by atoms with E-state index in [0.717, 1.165) is 5.56 Å². The molecule has 0 atom stereocenters. The van der Waals surface area contributed by atoms with Gasteiger partial charge in [0.2, 0.25) is 0 Å².